The minimum Gasteiger partial charge on any atom is -0.465 e. The Kier molecular flexibility index (Phi) is 2.97. The lowest BCUT2D eigenvalue weighted by Gasteiger charge is -2.02. The first kappa shape index (κ1) is 11.8. The van der Waals surface area contributed by atoms with Crippen LogP contribution in [0.25, 0.3) is 10.9 Å². The number of fused-ring (bicyclic) bond motifs is 1. The number of nitrogens with zero attached hydrogens (tertiary/aromatic N) is 1. The second-order valence-electron chi connectivity index (χ2n) is 3.28. The number of aromatic nitrogens is 2. The maximum absolute atomic E-state index is 12.6. The highest BCUT2D eigenvalue weighted by atomic mass is 35.5. The van der Waals surface area contributed by atoms with Crippen molar-refractivity contribution in [2.24, 2.45) is 0 Å². The van der Waals surface area contributed by atoms with Crippen LogP contribution in [0.3, 0.4) is 0 Å². The molecule has 1 heterocycles. The molecule has 0 fully saturated rings. The number of hydrogen-bond acceptors (Lipinski definition) is 3. The number of rotatable bonds is 2. The molecule has 0 amide bonds. The van der Waals surface area contributed by atoms with Crippen molar-refractivity contribution in [3.05, 3.63) is 28.4 Å². The fraction of sp³-hybridized carbons (Fsp3) is 0.200. The third kappa shape index (κ3) is 1.95. The van der Waals surface area contributed by atoms with Crippen LogP contribution in [0, 0.1) is 0 Å². The summed E-state index contributed by atoms with van der Waals surface area (Å²) in [7, 11) is 1.22. The zero-order valence-electron chi connectivity index (χ0n) is 8.63. The van der Waals surface area contributed by atoms with Crippen LogP contribution in [0.1, 0.15) is 22.5 Å². The lowest BCUT2D eigenvalue weighted by Crippen LogP contribution is -2.00. The van der Waals surface area contributed by atoms with Crippen molar-refractivity contribution in [3.63, 3.8) is 0 Å². The van der Waals surface area contributed by atoms with Crippen molar-refractivity contribution < 1.29 is 18.3 Å². The van der Waals surface area contributed by atoms with Crippen LogP contribution < -0.4 is 0 Å². The van der Waals surface area contributed by atoms with Crippen molar-refractivity contribution in [2.75, 3.05) is 7.11 Å². The van der Waals surface area contributed by atoms with E-state index < -0.39 is 12.4 Å². The predicted octanol–water partition coefficient (Wildman–Crippen LogP) is 2.94. The molecule has 0 aliphatic heterocycles. The zero-order chi connectivity index (χ0) is 12.6. The average Bonchev–Trinajstić information content (AvgIpc) is 2.72. The molecule has 0 atom stereocenters. The lowest BCUT2D eigenvalue weighted by molar-refractivity contribution is 0.0601. The van der Waals surface area contributed by atoms with E-state index in [1.165, 1.54) is 19.2 Å². The van der Waals surface area contributed by atoms with Crippen molar-refractivity contribution in [1.82, 2.24) is 10.2 Å². The summed E-state index contributed by atoms with van der Waals surface area (Å²) in [4.78, 5) is 11.3. The summed E-state index contributed by atoms with van der Waals surface area (Å²) >= 11 is 5.85. The van der Waals surface area contributed by atoms with Gasteiger partial charge in [-0.25, -0.2) is 13.6 Å². The molecule has 0 saturated carbocycles. The lowest BCUT2D eigenvalue weighted by atomic mass is 10.1. The Morgan fingerprint density at radius 3 is 2.82 bits per heavy atom. The quantitative estimate of drug-likeness (QED) is 0.845. The van der Waals surface area contributed by atoms with E-state index in [-0.39, 0.29) is 27.2 Å². The second kappa shape index (κ2) is 4.29. The highest BCUT2D eigenvalue weighted by Crippen LogP contribution is 2.32. The zero-order valence-corrected chi connectivity index (χ0v) is 9.39. The fourth-order valence-electron chi connectivity index (χ4n) is 1.52. The standard InChI is InChI=1S/C10H7ClF2N2O2/c1-17-10(16)4-2-5(11)7-6(3-4)14-15-8(7)9(12)13/h2-3,9H,1H3,(H,14,15). The highest BCUT2D eigenvalue weighted by molar-refractivity contribution is 6.36. The Morgan fingerprint density at radius 1 is 1.53 bits per heavy atom. The van der Waals surface area contributed by atoms with Crippen LogP contribution in [-0.4, -0.2) is 23.3 Å². The molecular formula is C10H7ClF2N2O2. The maximum atomic E-state index is 12.6. The Hall–Kier alpha value is -1.69. The Bertz CT molecular complexity index is 583. The molecule has 0 radical (unpaired) electrons. The first-order valence-corrected chi connectivity index (χ1v) is 4.96. The van der Waals surface area contributed by atoms with Gasteiger partial charge in [0.1, 0.15) is 5.69 Å². The van der Waals surface area contributed by atoms with Gasteiger partial charge in [0.15, 0.2) is 0 Å². The number of esters is 1. The summed E-state index contributed by atoms with van der Waals surface area (Å²) in [5.41, 5.74) is 0.00642. The molecule has 0 spiro atoms. The smallest absolute Gasteiger partial charge is 0.337 e. The van der Waals surface area contributed by atoms with Gasteiger partial charge in [-0.2, -0.15) is 5.10 Å². The summed E-state index contributed by atoms with van der Waals surface area (Å²) in [6.07, 6.45) is -2.71. The van der Waals surface area contributed by atoms with Gasteiger partial charge < -0.3 is 4.74 Å². The number of carbonyl (C=O) groups is 1. The van der Waals surface area contributed by atoms with Crippen molar-refractivity contribution in [1.29, 1.82) is 0 Å². The van der Waals surface area contributed by atoms with Gasteiger partial charge in [0.2, 0.25) is 0 Å². The number of benzene rings is 1. The van der Waals surface area contributed by atoms with Gasteiger partial charge in [-0.05, 0) is 12.1 Å². The molecule has 0 saturated heterocycles. The summed E-state index contributed by atoms with van der Waals surface area (Å²) in [6.45, 7) is 0. The van der Waals surface area contributed by atoms with Crippen LogP contribution >= 0.6 is 11.6 Å². The normalized spacial score (nSPS) is 11.1. The SMILES string of the molecule is COC(=O)c1cc(Cl)c2c(C(F)F)[nH]nc2c1. The van der Waals surface area contributed by atoms with Gasteiger partial charge in [0, 0.05) is 5.39 Å². The Labute approximate surface area is 99.5 Å². The first-order valence-electron chi connectivity index (χ1n) is 4.58. The number of H-pyrrole nitrogens is 1. The van der Waals surface area contributed by atoms with E-state index in [1.807, 2.05) is 0 Å². The first-order chi connectivity index (χ1) is 8.04. The topological polar surface area (TPSA) is 55.0 Å². The van der Waals surface area contributed by atoms with Gasteiger partial charge in [0.25, 0.3) is 6.43 Å². The average molecular weight is 261 g/mol. The van der Waals surface area contributed by atoms with E-state index in [4.69, 9.17) is 11.6 Å². The number of carbonyl (C=O) groups excluding carboxylic acids is 1. The molecule has 2 aromatic rings. The molecule has 7 heteroatoms. The number of hydrogen-bond donors (Lipinski definition) is 1. The third-order valence-corrected chi connectivity index (χ3v) is 2.57. The summed E-state index contributed by atoms with van der Waals surface area (Å²) in [5.74, 6) is -0.601. The Balaban J connectivity index is 2.65. The van der Waals surface area contributed by atoms with Crippen LogP contribution in [0.15, 0.2) is 12.1 Å². The molecule has 1 N–H and O–H groups in total. The largest absolute Gasteiger partial charge is 0.465 e. The number of nitrogens with one attached hydrogen (secondary N) is 1. The molecule has 0 bridgehead atoms. The third-order valence-electron chi connectivity index (χ3n) is 2.27. The van der Waals surface area contributed by atoms with Crippen LogP contribution in [-0.2, 0) is 4.74 Å². The number of halogens is 3. The van der Waals surface area contributed by atoms with E-state index in [0.717, 1.165) is 0 Å². The van der Waals surface area contributed by atoms with Gasteiger partial charge in [-0.3, -0.25) is 5.10 Å². The molecular weight excluding hydrogens is 254 g/mol. The Morgan fingerprint density at radius 2 is 2.24 bits per heavy atom. The minimum absolute atomic E-state index is 0.0342. The summed E-state index contributed by atoms with van der Waals surface area (Å²) in [6, 6.07) is 2.62. The van der Waals surface area contributed by atoms with Gasteiger partial charge in [-0.15, -0.1) is 0 Å². The van der Waals surface area contributed by atoms with E-state index in [1.54, 1.807) is 0 Å². The molecule has 17 heavy (non-hydrogen) atoms. The van der Waals surface area contributed by atoms with Gasteiger partial charge in [0.05, 0.1) is 23.2 Å². The predicted molar refractivity (Wildman–Crippen MR) is 57.4 cm³/mol. The van der Waals surface area contributed by atoms with Gasteiger partial charge in [-0.1, -0.05) is 11.6 Å². The van der Waals surface area contributed by atoms with Crippen molar-refractivity contribution in [3.8, 4) is 0 Å². The van der Waals surface area contributed by atoms with Crippen LogP contribution in [0.5, 0.6) is 0 Å². The molecule has 0 unspecified atom stereocenters. The fourth-order valence-corrected chi connectivity index (χ4v) is 1.83. The number of methoxy groups -OCH3 is 1. The summed E-state index contributed by atoms with van der Waals surface area (Å²) in [5, 5.41) is 6.04. The van der Waals surface area contributed by atoms with Crippen LogP contribution in [0.4, 0.5) is 8.78 Å². The molecule has 2 rings (SSSR count). The van der Waals surface area contributed by atoms with Gasteiger partial charge >= 0.3 is 5.97 Å². The maximum Gasteiger partial charge on any atom is 0.337 e. The minimum atomic E-state index is -2.71. The molecule has 0 aliphatic carbocycles. The van der Waals surface area contributed by atoms with E-state index >= 15 is 0 Å². The molecule has 90 valence electrons. The van der Waals surface area contributed by atoms with Crippen molar-refractivity contribution in [2.45, 2.75) is 6.43 Å². The summed E-state index contributed by atoms with van der Waals surface area (Å²) < 4.78 is 29.7. The highest BCUT2D eigenvalue weighted by Gasteiger charge is 2.19. The number of aromatic amines is 1. The monoisotopic (exact) mass is 260 g/mol. The molecule has 1 aromatic carbocycles. The molecule has 1 aromatic heterocycles. The molecule has 0 aliphatic rings. The van der Waals surface area contributed by atoms with E-state index in [2.05, 4.69) is 14.9 Å². The van der Waals surface area contributed by atoms with Crippen LogP contribution in [0.2, 0.25) is 5.02 Å². The van der Waals surface area contributed by atoms with E-state index in [9.17, 15) is 13.6 Å². The molecule has 4 nitrogen and oxygen atoms in total. The number of alkyl halides is 2. The number of ether oxygens (including phenoxy) is 1. The van der Waals surface area contributed by atoms with Crippen molar-refractivity contribution >= 4 is 28.5 Å². The van der Waals surface area contributed by atoms with E-state index in [0.29, 0.717) is 0 Å². The second-order valence-corrected chi connectivity index (χ2v) is 3.69.